The van der Waals surface area contributed by atoms with Crippen molar-refractivity contribution in [3.05, 3.63) is 89.0 Å². The predicted molar refractivity (Wildman–Crippen MR) is 175 cm³/mol. The molecule has 0 radical (unpaired) electrons. The van der Waals surface area contributed by atoms with Crippen molar-refractivity contribution in [2.75, 3.05) is 80.8 Å². The molecular weight excluding hydrogens is 537 g/mol. The number of rotatable bonds is 12. The minimum Gasteiger partial charge on any atom is -0.377 e. The molecule has 1 fully saturated rings. The van der Waals surface area contributed by atoms with Crippen LogP contribution in [0.25, 0.3) is 0 Å². The molecule has 0 N–H and O–H groups in total. The SMILES string of the molecule is Cc1cc(N(CCCl)CCCl)ccc1C1N(Cc2ccccc2N(C)C)CCCN1Cc1ccccc1N(C)C. The van der Waals surface area contributed by atoms with Gasteiger partial charge in [-0.1, -0.05) is 42.5 Å². The van der Waals surface area contributed by atoms with Gasteiger partial charge < -0.3 is 14.7 Å². The molecule has 0 amide bonds. The van der Waals surface area contributed by atoms with Gasteiger partial charge in [-0.05, 0) is 59.9 Å². The zero-order valence-electron chi connectivity index (χ0n) is 24.8. The molecule has 3 aromatic carbocycles. The standard InChI is InChI=1S/C33H45Cl2N5/c1-26-23-29(38(21-17-34)22-18-35)15-16-30(26)33-39(24-27-11-6-8-13-31(27)36(2)3)19-10-20-40(33)25-28-12-7-9-14-32(28)37(4)5/h6-9,11-16,23,33H,10,17-22,24-25H2,1-5H3. The third kappa shape index (κ3) is 7.25. The van der Waals surface area contributed by atoms with Crippen LogP contribution in [0.5, 0.6) is 0 Å². The smallest absolute Gasteiger partial charge is 0.0894 e. The van der Waals surface area contributed by atoms with Gasteiger partial charge in [0.05, 0.1) is 6.17 Å². The summed E-state index contributed by atoms with van der Waals surface area (Å²) in [4.78, 5) is 12.1. The Labute approximate surface area is 251 Å². The third-order valence-electron chi connectivity index (χ3n) is 7.88. The van der Waals surface area contributed by atoms with E-state index in [4.69, 9.17) is 23.2 Å². The van der Waals surface area contributed by atoms with E-state index in [0.29, 0.717) is 11.8 Å². The molecule has 4 rings (SSSR count). The van der Waals surface area contributed by atoms with Gasteiger partial charge in [0.15, 0.2) is 0 Å². The molecule has 1 heterocycles. The van der Waals surface area contributed by atoms with E-state index >= 15 is 0 Å². The van der Waals surface area contributed by atoms with Crippen LogP contribution in [0, 0.1) is 6.92 Å². The maximum atomic E-state index is 6.13. The highest BCUT2D eigenvalue weighted by molar-refractivity contribution is 6.18. The lowest BCUT2D eigenvalue weighted by Gasteiger charge is -2.45. The summed E-state index contributed by atoms with van der Waals surface area (Å²) in [7, 11) is 8.53. The van der Waals surface area contributed by atoms with Gasteiger partial charge >= 0.3 is 0 Å². The fourth-order valence-electron chi connectivity index (χ4n) is 6.00. The predicted octanol–water partition coefficient (Wildman–Crippen LogP) is 6.82. The molecule has 3 aromatic rings. The Kier molecular flexibility index (Phi) is 11.0. The molecule has 0 unspecified atom stereocenters. The van der Waals surface area contributed by atoms with Crippen LogP contribution in [0.4, 0.5) is 17.1 Å². The number of para-hydroxylation sites is 2. The molecule has 0 aliphatic carbocycles. The monoisotopic (exact) mass is 581 g/mol. The van der Waals surface area contributed by atoms with Crippen molar-refractivity contribution >= 4 is 40.3 Å². The molecule has 5 nitrogen and oxygen atoms in total. The van der Waals surface area contributed by atoms with Crippen molar-refractivity contribution < 1.29 is 0 Å². The van der Waals surface area contributed by atoms with E-state index in [2.05, 4.69) is 126 Å². The average Bonchev–Trinajstić information content (AvgIpc) is 2.94. The van der Waals surface area contributed by atoms with Crippen molar-refractivity contribution in [3.8, 4) is 0 Å². The van der Waals surface area contributed by atoms with Crippen LogP contribution in [-0.2, 0) is 13.1 Å². The summed E-state index contributed by atoms with van der Waals surface area (Å²) in [5, 5.41) is 0. The minimum absolute atomic E-state index is 0.169. The molecule has 0 spiro atoms. The van der Waals surface area contributed by atoms with Gasteiger partial charge in [-0.25, -0.2) is 0 Å². The first-order valence-electron chi connectivity index (χ1n) is 14.3. The van der Waals surface area contributed by atoms with Crippen LogP contribution < -0.4 is 14.7 Å². The van der Waals surface area contributed by atoms with Crippen molar-refractivity contribution in [2.24, 2.45) is 0 Å². The summed E-state index contributed by atoms with van der Waals surface area (Å²) in [6.45, 7) is 7.75. The molecule has 40 heavy (non-hydrogen) atoms. The van der Waals surface area contributed by atoms with Crippen molar-refractivity contribution in [1.29, 1.82) is 0 Å². The number of nitrogens with zero attached hydrogens (tertiary/aromatic N) is 5. The van der Waals surface area contributed by atoms with Crippen LogP contribution in [0.15, 0.2) is 66.7 Å². The largest absolute Gasteiger partial charge is 0.377 e. The number of halogens is 2. The van der Waals surface area contributed by atoms with E-state index in [1.807, 2.05) is 0 Å². The maximum Gasteiger partial charge on any atom is 0.0894 e. The summed E-state index contributed by atoms with van der Waals surface area (Å²) in [5.74, 6) is 1.16. The Bertz CT molecular complexity index is 1160. The second-order valence-electron chi connectivity index (χ2n) is 11.1. The molecule has 0 atom stereocenters. The first-order valence-corrected chi connectivity index (χ1v) is 15.4. The number of benzene rings is 3. The normalized spacial score (nSPS) is 14.9. The van der Waals surface area contributed by atoms with Gasteiger partial charge in [-0.15, -0.1) is 23.2 Å². The number of aryl methyl sites for hydroxylation is 1. The summed E-state index contributed by atoms with van der Waals surface area (Å²) in [5.41, 5.74) is 9.13. The number of alkyl halides is 2. The average molecular weight is 583 g/mol. The van der Waals surface area contributed by atoms with Crippen LogP contribution in [0.3, 0.4) is 0 Å². The summed E-state index contributed by atoms with van der Waals surface area (Å²) < 4.78 is 0. The van der Waals surface area contributed by atoms with E-state index in [0.717, 1.165) is 45.7 Å². The Morgan fingerprint density at radius 1 is 0.725 bits per heavy atom. The van der Waals surface area contributed by atoms with Crippen molar-refractivity contribution in [3.63, 3.8) is 0 Å². The Morgan fingerprint density at radius 3 is 1.68 bits per heavy atom. The second kappa shape index (κ2) is 14.5. The molecule has 0 saturated carbocycles. The maximum absolute atomic E-state index is 6.13. The molecule has 0 aromatic heterocycles. The first kappa shape index (κ1) is 30.5. The van der Waals surface area contributed by atoms with Gasteiger partial charge in [0.1, 0.15) is 0 Å². The van der Waals surface area contributed by atoms with E-state index in [1.54, 1.807) is 0 Å². The summed E-state index contributed by atoms with van der Waals surface area (Å²) in [6, 6.07) is 24.5. The Hall–Kier alpha value is -2.44. The number of hydrogen-bond acceptors (Lipinski definition) is 5. The molecule has 7 heteroatoms. The first-order chi connectivity index (χ1) is 19.3. The summed E-state index contributed by atoms with van der Waals surface area (Å²) in [6.07, 6.45) is 1.31. The lowest BCUT2D eigenvalue weighted by molar-refractivity contribution is -0.00928. The highest BCUT2D eigenvalue weighted by atomic mass is 35.5. The second-order valence-corrected chi connectivity index (χ2v) is 11.9. The van der Waals surface area contributed by atoms with Crippen LogP contribution >= 0.6 is 23.2 Å². The Morgan fingerprint density at radius 2 is 1.23 bits per heavy atom. The molecular formula is C33H45Cl2N5. The van der Waals surface area contributed by atoms with E-state index in [-0.39, 0.29) is 6.17 Å². The highest BCUT2D eigenvalue weighted by Gasteiger charge is 2.33. The fourth-order valence-corrected chi connectivity index (χ4v) is 6.40. The van der Waals surface area contributed by atoms with Gasteiger partial charge in [-0.2, -0.15) is 0 Å². The quantitative estimate of drug-likeness (QED) is 0.217. The van der Waals surface area contributed by atoms with Crippen LogP contribution in [-0.4, -0.2) is 75.9 Å². The number of anilines is 3. The van der Waals surface area contributed by atoms with Crippen LogP contribution in [0.1, 0.15) is 34.8 Å². The highest BCUT2D eigenvalue weighted by Crippen LogP contribution is 2.37. The lowest BCUT2D eigenvalue weighted by Crippen LogP contribution is -2.47. The molecule has 1 aliphatic rings. The Balaban J connectivity index is 1.74. The van der Waals surface area contributed by atoms with Gasteiger partial charge in [0.2, 0.25) is 0 Å². The van der Waals surface area contributed by atoms with Gasteiger partial charge in [0, 0.05) is 96.3 Å². The molecule has 216 valence electrons. The molecule has 0 bridgehead atoms. The van der Waals surface area contributed by atoms with Gasteiger partial charge in [-0.3, -0.25) is 9.80 Å². The van der Waals surface area contributed by atoms with Gasteiger partial charge in [0.25, 0.3) is 0 Å². The van der Waals surface area contributed by atoms with Crippen LogP contribution in [0.2, 0.25) is 0 Å². The molecule has 1 aliphatic heterocycles. The zero-order valence-corrected chi connectivity index (χ0v) is 26.3. The van der Waals surface area contributed by atoms with Crippen molar-refractivity contribution in [1.82, 2.24) is 9.80 Å². The lowest BCUT2D eigenvalue weighted by atomic mass is 9.98. The fraction of sp³-hybridized carbons (Fsp3) is 0.455. The zero-order chi connectivity index (χ0) is 28.6. The topological polar surface area (TPSA) is 16.2 Å². The number of hydrogen-bond donors (Lipinski definition) is 0. The molecule has 1 saturated heterocycles. The van der Waals surface area contributed by atoms with E-state index in [1.165, 1.54) is 39.3 Å². The third-order valence-corrected chi connectivity index (χ3v) is 8.22. The van der Waals surface area contributed by atoms with E-state index < -0.39 is 0 Å². The minimum atomic E-state index is 0.169. The van der Waals surface area contributed by atoms with E-state index in [9.17, 15) is 0 Å². The van der Waals surface area contributed by atoms with Crippen molar-refractivity contribution in [2.45, 2.75) is 32.6 Å². The summed E-state index contributed by atoms with van der Waals surface area (Å²) >= 11 is 12.3.